The van der Waals surface area contributed by atoms with Gasteiger partial charge in [0, 0.05) is 3.57 Å². The number of halogens is 2. The molecule has 2 aromatic rings. The summed E-state index contributed by atoms with van der Waals surface area (Å²) < 4.78 is 13.6. The highest BCUT2D eigenvalue weighted by atomic mass is 127. The molecule has 0 bridgehead atoms. The Bertz CT molecular complexity index is 557. The summed E-state index contributed by atoms with van der Waals surface area (Å²) in [4.78, 5) is 11.8. The van der Waals surface area contributed by atoms with Crippen LogP contribution in [0.1, 0.15) is 5.56 Å². The number of nitrogens with one attached hydrogen (secondary N) is 1. The minimum Gasteiger partial charge on any atom is -0.325 e. The quantitative estimate of drug-likeness (QED) is 0.838. The Balaban J connectivity index is 2.03. The van der Waals surface area contributed by atoms with Crippen molar-refractivity contribution in [3.63, 3.8) is 0 Å². The molecule has 2 rings (SSSR count). The van der Waals surface area contributed by atoms with Crippen LogP contribution in [-0.4, -0.2) is 5.91 Å². The molecule has 0 atom stereocenters. The van der Waals surface area contributed by atoms with E-state index in [4.69, 9.17) is 0 Å². The third-order valence-corrected chi connectivity index (χ3v) is 3.31. The first-order valence-electron chi connectivity index (χ1n) is 5.44. The van der Waals surface area contributed by atoms with Gasteiger partial charge < -0.3 is 5.32 Å². The Morgan fingerprint density at radius 2 is 1.89 bits per heavy atom. The van der Waals surface area contributed by atoms with Crippen molar-refractivity contribution in [1.29, 1.82) is 0 Å². The second-order valence-electron chi connectivity index (χ2n) is 3.83. The zero-order valence-corrected chi connectivity index (χ0v) is 11.6. The number of carbonyl (C=O) groups is 1. The summed E-state index contributed by atoms with van der Waals surface area (Å²) in [7, 11) is 0. The summed E-state index contributed by atoms with van der Waals surface area (Å²) in [5.41, 5.74) is 1.59. The van der Waals surface area contributed by atoms with Crippen LogP contribution in [0.15, 0.2) is 48.5 Å². The SMILES string of the molecule is O=C(Cc1ccccc1)Nc1ccc(F)cc1I. The molecule has 0 radical (unpaired) electrons. The molecule has 0 aliphatic heterocycles. The molecule has 2 aromatic carbocycles. The van der Waals surface area contributed by atoms with E-state index in [-0.39, 0.29) is 11.7 Å². The fourth-order valence-electron chi connectivity index (χ4n) is 1.57. The van der Waals surface area contributed by atoms with Gasteiger partial charge in [-0.25, -0.2) is 4.39 Å². The number of rotatable bonds is 3. The topological polar surface area (TPSA) is 29.1 Å². The van der Waals surface area contributed by atoms with Crippen LogP contribution in [0.25, 0.3) is 0 Å². The van der Waals surface area contributed by atoms with Gasteiger partial charge in [0.25, 0.3) is 0 Å². The van der Waals surface area contributed by atoms with Gasteiger partial charge in [-0.2, -0.15) is 0 Å². The van der Waals surface area contributed by atoms with E-state index in [0.717, 1.165) is 5.56 Å². The van der Waals surface area contributed by atoms with Crippen molar-refractivity contribution in [3.8, 4) is 0 Å². The van der Waals surface area contributed by atoms with Crippen molar-refractivity contribution in [2.45, 2.75) is 6.42 Å². The maximum absolute atomic E-state index is 12.9. The number of benzene rings is 2. The highest BCUT2D eigenvalue weighted by molar-refractivity contribution is 14.1. The number of amides is 1. The van der Waals surface area contributed by atoms with E-state index < -0.39 is 0 Å². The van der Waals surface area contributed by atoms with E-state index in [9.17, 15) is 9.18 Å². The summed E-state index contributed by atoms with van der Waals surface area (Å²) in [5, 5.41) is 2.77. The lowest BCUT2D eigenvalue weighted by atomic mass is 10.1. The van der Waals surface area contributed by atoms with Crippen LogP contribution in [0.2, 0.25) is 0 Å². The summed E-state index contributed by atoms with van der Waals surface area (Å²) in [6.07, 6.45) is 0.314. The van der Waals surface area contributed by atoms with Crippen molar-refractivity contribution in [1.82, 2.24) is 0 Å². The molecule has 92 valence electrons. The molecular weight excluding hydrogens is 344 g/mol. The average Bonchev–Trinajstić information content (AvgIpc) is 2.34. The van der Waals surface area contributed by atoms with Crippen molar-refractivity contribution >= 4 is 34.2 Å². The zero-order chi connectivity index (χ0) is 13.0. The molecular formula is C14H11FINO. The molecule has 0 spiro atoms. The standard InChI is InChI=1S/C14H11FINO/c15-11-6-7-13(12(16)9-11)17-14(18)8-10-4-2-1-3-5-10/h1-7,9H,8H2,(H,17,18). The van der Waals surface area contributed by atoms with E-state index in [1.165, 1.54) is 12.1 Å². The number of carbonyl (C=O) groups excluding carboxylic acids is 1. The van der Waals surface area contributed by atoms with Crippen molar-refractivity contribution in [2.24, 2.45) is 0 Å². The Morgan fingerprint density at radius 3 is 2.56 bits per heavy atom. The monoisotopic (exact) mass is 355 g/mol. The molecule has 0 unspecified atom stereocenters. The number of anilines is 1. The van der Waals surface area contributed by atoms with Crippen LogP contribution in [0.5, 0.6) is 0 Å². The third-order valence-electron chi connectivity index (χ3n) is 2.41. The van der Waals surface area contributed by atoms with Gasteiger partial charge in [-0.3, -0.25) is 4.79 Å². The van der Waals surface area contributed by atoms with Crippen LogP contribution in [-0.2, 0) is 11.2 Å². The number of hydrogen-bond acceptors (Lipinski definition) is 1. The zero-order valence-electron chi connectivity index (χ0n) is 9.49. The summed E-state index contributed by atoms with van der Waals surface area (Å²) in [6, 6.07) is 13.8. The molecule has 1 amide bonds. The smallest absolute Gasteiger partial charge is 0.228 e. The van der Waals surface area contributed by atoms with Crippen molar-refractivity contribution < 1.29 is 9.18 Å². The first-order valence-corrected chi connectivity index (χ1v) is 6.52. The van der Waals surface area contributed by atoms with E-state index in [1.54, 1.807) is 6.07 Å². The van der Waals surface area contributed by atoms with Gasteiger partial charge in [0.2, 0.25) is 5.91 Å². The molecule has 0 saturated carbocycles. The van der Waals surface area contributed by atoms with Gasteiger partial charge in [-0.1, -0.05) is 30.3 Å². The maximum atomic E-state index is 12.9. The third kappa shape index (κ3) is 3.53. The Hall–Kier alpha value is -1.43. The van der Waals surface area contributed by atoms with E-state index in [1.807, 2.05) is 52.9 Å². The van der Waals surface area contributed by atoms with E-state index in [2.05, 4.69) is 5.32 Å². The lowest BCUT2D eigenvalue weighted by Crippen LogP contribution is -2.15. The molecule has 4 heteroatoms. The first-order chi connectivity index (χ1) is 8.65. The predicted molar refractivity (Wildman–Crippen MR) is 77.9 cm³/mol. The molecule has 0 fully saturated rings. The van der Waals surface area contributed by atoms with Crippen LogP contribution in [0, 0.1) is 9.39 Å². The lowest BCUT2D eigenvalue weighted by Gasteiger charge is -2.07. The molecule has 0 heterocycles. The van der Waals surface area contributed by atoms with Crippen LogP contribution >= 0.6 is 22.6 Å². The van der Waals surface area contributed by atoms with E-state index in [0.29, 0.717) is 15.7 Å². The molecule has 0 aliphatic rings. The fraction of sp³-hybridized carbons (Fsp3) is 0.0714. The highest BCUT2D eigenvalue weighted by Crippen LogP contribution is 2.19. The molecule has 18 heavy (non-hydrogen) atoms. The van der Waals surface area contributed by atoms with Gasteiger partial charge in [0.05, 0.1) is 12.1 Å². The lowest BCUT2D eigenvalue weighted by molar-refractivity contribution is -0.115. The summed E-state index contributed by atoms with van der Waals surface area (Å²) in [5.74, 6) is -0.411. The minimum atomic E-state index is -0.305. The van der Waals surface area contributed by atoms with Crippen LogP contribution in [0.3, 0.4) is 0 Å². The Morgan fingerprint density at radius 1 is 1.17 bits per heavy atom. The second kappa shape index (κ2) is 5.95. The number of hydrogen-bond donors (Lipinski definition) is 1. The fourth-order valence-corrected chi connectivity index (χ4v) is 2.18. The molecule has 0 saturated heterocycles. The van der Waals surface area contributed by atoms with E-state index >= 15 is 0 Å². The summed E-state index contributed by atoms with van der Waals surface area (Å²) >= 11 is 2.00. The molecule has 1 N–H and O–H groups in total. The minimum absolute atomic E-state index is 0.106. The normalized spacial score (nSPS) is 10.1. The second-order valence-corrected chi connectivity index (χ2v) is 5.00. The largest absolute Gasteiger partial charge is 0.325 e. The first kappa shape index (κ1) is 13.0. The molecule has 0 aliphatic carbocycles. The van der Waals surface area contributed by atoms with Crippen LogP contribution in [0.4, 0.5) is 10.1 Å². The predicted octanol–water partition coefficient (Wildman–Crippen LogP) is 3.61. The van der Waals surface area contributed by atoms with Crippen LogP contribution < -0.4 is 5.32 Å². The molecule has 0 aromatic heterocycles. The maximum Gasteiger partial charge on any atom is 0.228 e. The van der Waals surface area contributed by atoms with Gasteiger partial charge in [0.1, 0.15) is 5.82 Å². The molecule has 2 nitrogen and oxygen atoms in total. The van der Waals surface area contributed by atoms with Gasteiger partial charge in [-0.15, -0.1) is 0 Å². The summed E-state index contributed by atoms with van der Waals surface area (Å²) in [6.45, 7) is 0. The van der Waals surface area contributed by atoms with Crippen molar-refractivity contribution in [2.75, 3.05) is 5.32 Å². The Labute approximate surface area is 118 Å². The Kier molecular flexibility index (Phi) is 4.30. The van der Waals surface area contributed by atoms with Gasteiger partial charge >= 0.3 is 0 Å². The highest BCUT2D eigenvalue weighted by Gasteiger charge is 2.07. The van der Waals surface area contributed by atoms with Gasteiger partial charge in [-0.05, 0) is 46.4 Å². The average molecular weight is 355 g/mol. The van der Waals surface area contributed by atoms with Gasteiger partial charge in [0.15, 0.2) is 0 Å². The van der Waals surface area contributed by atoms with Crippen molar-refractivity contribution in [3.05, 3.63) is 63.5 Å².